The van der Waals surface area contributed by atoms with Crippen LogP contribution < -0.4 is 14.8 Å². The highest BCUT2D eigenvalue weighted by molar-refractivity contribution is 6.30. The molecule has 10 heteroatoms. The summed E-state index contributed by atoms with van der Waals surface area (Å²) in [6.45, 7) is 3.45. The fourth-order valence-electron chi connectivity index (χ4n) is 5.47. The Labute approximate surface area is 245 Å². The summed E-state index contributed by atoms with van der Waals surface area (Å²) in [4.78, 5) is 28.7. The fourth-order valence-corrected chi connectivity index (χ4v) is 5.60. The van der Waals surface area contributed by atoms with Gasteiger partial charge in [-0.1, -0.05) is 29.8 Å². The van der Waals surface area contributed by atoms with Crippen molar-refractivity contribution in [2.45, 2.75) is 63.0 Å². The Morgan fingerprint density at radius 1 is 1.17 bits per heavy atom. The summed E-state index contributed by atoms with van der Waals surface area (Å²) in [5.74, 6) is -0.555. The molecule has 2 aromatic rings. The van der Waals surface area contributed by atoms with E-state index >= 15 is 0 Å². The number of hydrogen-bond donors (Lipinski definition) is 4. The summed E-state index contributed by atoms with van der Waals surface area (Å²) < 4.78 is 11.8. The predicted octanol–water partition coefficient (Wildman–Crippen LogP) is 3.24. The molecule has 1 aliphatic heterocycles. The van der Waals surface area contributed by atoms with Crippen molar-refractivity contribution >= 4 is 23.4 Å². The Bertz CT molecular complexity index is 1280. The number of allylic oxidation sites excluding steroid dienone is 1. The smallest absolute Gasteiger partial charge is 0.247 e. The van der Waals surface area contributed by atoms with Crippen LogP contribution in [-0.4, -0.2) is 70.5 Å². The minimum absolute atomic E-state index is 0.0330. The van der Waals surface area contributed by atoms with Crippen molar-refractivity contribution in [3.05, 3.63) is 82.4 Å². The molecule has 0 aromatic heterocycles. The van der Waals surface area contributed by atoms with Gasteiger partial charge >= 0.3 is 0 Å². The van der Waals surface area contributed by atoms with Crippen LogP contribution in [0.2, 0.25) is 5.02 Å². The molecule has 1 aliphatic carbocycles. The van der Waals surface area contributed by atoms with Crippen molar-refractivity contribution in [2.75, 3.05) is 20.3 Å². The molecule has 2 aromatic carbocycles. The Balaban J connectivity index is 1.77. The molecule has 0 fully saturated rings. The lowest BCUT2D eigenvalue weighted by Crippen LogP contribution is -2.55. The molecule has 4 unspecified atom stereocenters. The highest BCUT2D eigenvalue weighted by Gasteiger charge is 2.51. The molecule has 4 N–H and O–H groups in total. The van der Waals surface area contributed by atoms with Gasteiger partial charge in [-0.25, -0.2) is 0 Å². The molecule has 4 rings (SSSR count). The zero-order chi connectivity index (χ0) is 29.5. The first-order valence-electron chi connectivity index (χ1n) is 13.7. The lowest BCUT2D eigenvalue weighted by molar-refractivity contribution is -0.138. The van der Waals surface area contributed by atoms with Gasteiger partial charge in [0.2, 0.25) is 11.8 Å². The number of aliphatic hydroxyl groups excluding tert-OH is 3. The van der Waals surface area contributed by atoms with Gasteiger partial charge in [-0.2, -0.15) is 0 Å². The molecule has 2 amide bonds. The summed E-state index contributed by atoms with van der Waals surface area (Å²) in [7, 11) is 1.48. The Kier molecular flexibility index (Phi) is 10.4. The van der Waals surface area contributed by atoms with Crippen LogP contribution in [0.25, 0.3) is 0 Å². The number of methoxy groups -OCH3 is 1. The van der Waals surface area contributed by atoms with E-state index < -0.39 is 30.1 Å². The van der Waals surface area contributed by atoms with Crippen LogP contribution in [0, 0.1) is 0 Å². The third-order valence-corrected chi connectivity index (χ3v) is 7.74. The molecule has 220 valence electrons. The molecule has 9 nitrogen and oxygen atoms in total. The molecule has 0 saturated carbocycles. The van der Waals surface area contributed by atoms with Gasteiger partial charge in [-0.05, 0) is 60.7 Å². The van der Waals surface area contributed by atoms with E-state index in [0.29, 0.717) is 39.6 Å². The maximum Gasteiger partial charge on any atom is 0.247 e. The van der Waals surface area contributed by atoms with Gasteiger partial charge in [0.05, 0.1) is 32.3 Å². The summed E-state index contributed by atoms with van der Waals surface area (Å²) in [5.41, 5.74) is 2.28. The van der Waals surface area contributed by atoms with Crippen LogP contribution in [0.1, 0.15) is 48.3 Å². The second-order valence-corrected chi connectivity index (χ2v) is 10.6. The molecule has 0 radical (unpaired) electrons. The summed E-state index contributed by atoms with van der Waals surface area (Å²) in [6.07, 6.45) is 3.85. The van der Waals surface area contributed by atoms with E-state index in [0.717, 1.165) is 18.4 Å². The average molecular weight is 585 g/mol. The number of hydrogen-bond acceptors (Lipinski definition) is 7. The lowest BCUT2D eigenvalue weighted by Gasteiger charge is -2.41. The van der Waals surface area contributed by atoms with Crippen molar-refractivity contribution in [1.29, 1.82) is 0 Å². The van der Waals surface area contributed by atoms with Gasteiger partial charge in [0, 0.05) is 35.7 Å². The second-order valence-electron chi connectivity index (χ2n) is 10.2. The number of halogens is 1. The number of aliphatic hydroxyl groups is 3. The molecule has 41 heavy (non-hydrogen) atoms. The quantitative estimate of drug-likeness (QED) is 0.210. The molecule has 0 spiro atoms. The number of nitrogens with one attached hydrogen (secondary N) is 1. The van der Waals surface area contributed by atoms with Crippen LogP contribution in [0.5, 0.6) is 11.5 Å². The van der Waals surface area contributed by atoms with Crippen LogP contribution in [0.15, 0.2) is 60.7 Å². The average Bonchev–Trinajstić information content (AvgIpc) is 3.37. The van der Waals surface area contributed by atoms with E-state index in [1.54, 1.807) is 35.2 Å². The third-order valence-electron chi connectivity index (χ3n) is 7.49. The Morgan fingerprint density at radius 2 is 1.93 bits per heavy atom. The van der Waals surface area contributed by atoms with E-state index in [9.17, 15) is 24.9 Å². The first kappa shape index (κ1) is 30.6. The summed E-state index contributed by atoms with van der Waals surface area (Å²) in [6, 6.07) is 9.62. The van der Waals surface area contributed by atoms with Gasteiger partial charge < -0.3 is 35.0 Å². The van der Waals surface area contributed by atoms with Gasteiger partial charge in [0.1, 0.15) is 12.2 Å². The number of ether oxygens (including phenoxy) is 2. The summed E-state index contributed by atoms with van der Waals surface area (Å²) >= 11 is 6.09. The highest BCUT2D eigenvalue weighted by Crippen LogP contribution is 2.51. The van der Waals surface area contributed by atoms with E-state index in [1.807, 2.05) is 18.2 Å². The fraction of sp³-hybridized carbons (Fsp3) is 0.419. The largest absolute Gasteiger partial charge is 0.493 e. The van der Waals surface area contributed by atoms with Crippen molar-refractivity contribution in [2.24, 2.45) is 0 Å². The maximum absolute atomic E-state index is 13.7. The van der Waals surface area contributed by atoms with Crippen LogP contribution >= 0.6 is 11.6 Å². The first-order valence-corrected chi connectivity index (χ1v) is 14.1. The molecule has 1 heterocycles. The molecule has 2 aliphatic rings. The number of nitrogens with zero attached hydrogens (tertiary/aromatic N) is 1. The number of carbonyl (C=O) groups is 2. The standard InChI is InChI=1S/C31H37ClN2O7/c1-3-4-5-6-7-26(37)34(17-19-8-10-21(32)11-9-19)24-16-23(31(39)33-12-13-35)27-22-14-20(18-36)15-25(40-2)29(22)41-30(27)28(24)38/h3,8-11,14-16,24,27-28,30,35-36,38H,1,4-7,12-13,17-18H2,2H3,(H,33,39). The summed E-state index contributed by atoms with van der Waals surface area (Å²) in [5, 5.41) is 34.2. The molecule has 4 atom stereocenters. The van der Waals surface area contributed by atoms with Gasteiger partial charge in [0.25, 0.3) is 0 Å². The minimum atomic E-state index is -1.19. The number of carbonyl (C=O) groups excluding carboxylic acids is 2. The van der Waals surface area contributed by atoms with E-state index in [-0.39, 0.29) is 38.6 Å². The zero-order valence-electron chi connectivity index (χ0n) is 23.1. The van der Waals surface area contributed by atoms with Crippen molar-refractivity contribution in [3.8, 4) is 11.5 Å². The third kappa shape index (κ3) is 6.76. The second kappa shape index (κ2) is 14.0. The Hall–Kier alpha value is -3.37. The number of amides is 2. The minimum Gasteiger partial charge on any atom is -0.493 e. The van der Waals surface area contributed by atoms with Crippen molar-refractivity contribution in [1.82, 2.24) is 10.2 Å². The van der Waals surface area contributed by atoms with Gasteiger partial charge in [0.15, 0.2) is 11.5 Å². The van der Waals surface area contributed by atoms with E-state index in [2.05, 4.69) is 11.9 Å². The van der Waals surface area contributed by atoms with Crippen LogP contribution in [-0.2, 0) is 22.7 Å². The van der Waals surface area contributed by atoms with Crippen molar-refractivity contribution in [3.63, 3.8) is 0 Å². The highest BCUT2D eigenvalue weighted by atomic mass is 35.5. The van der Waals surface area contributed by atoms with Gasteiger partial charge in [-0.15, -0.1) is 6.58 Å². The van der Waals surface area contributed by atoms with Gasteiger partial charge in [-0.3, -0.25) is 9.59 Å². The van der Waals surface area contributed by atoms with Crippen LogP contribution in [0.3, 0.4) is 0 Å². The van der Waals surface area contributed by atoms with E-state index in [1.165, 1.54) is 7.11 Å². The molecular formula is C31H37ClN2O7. The number of unbranched alkanes of at least 4 members (excludes halogenated alkanes) is 2. The molecular weight excluding hydrogens is 548 g/mol. The van der Waals surface area contributed by atoms with Crippen molar-refractivity contribution < 1.29 is 34.4 Å². The monoisotopic (exact) mass is 584 g/mol. The molecule has 0 saturated heterocycles. The number of rotatable bonds is 13. The number of fused-ring (bicyclic) bond motifs is 3. The van der Waals surface area contributed by atoms with E-state index in [4.69, 9.17) is 21.1 Å². The normalized spacial score (nSPS) is 20.8. The molecule has 0 bridgehead atoms. The lowest BCUT2D eigenvalue weighted by atomic mass is 9.77. The zero-order valence-corrected chi connectivity index (χ0v) is 23.8. The topological polar surface area (TPSA) is 129 Å². The first-order chi connectivity index (χ1) is 19.8. The predicted molar refractivity (Wildman–Crippen MR) is 155 cm³/mol. The van der Waals surface area contributed by atoms with Crippen LogP contribution in [0.4, 0.5) is 0 Å². The Morgan fingerprint density at radius 3 is 2.59 bits per heavy atom. The SMILES string of the molecule is C=CCCCCC(=O)N(Cc1ccc(Cl)cc1)C1C=C(C(=O)NCCO)C2c3cc(CO)cc(OC)c3OC2C1O. The maximum atomic E-state index is 13.7. The number of benzene rings is 2.